The maximum Gasteiger partial charge on any atom is 1.00 e. The number of carbonyl (C=O) groups is 2. The van der Waals surface area contributed by atoms with E-state index in [1.807, 2.05) is 0 Å². The predicted octanol–water partition coefficient (Wildman–Crippen LogP) is -2.39. The molecule has 0 spiro atoms. The second-order valence-corrected chi connectivity index (χ2v) is 19.2. The van der Waals surface area contributed by atoms with E-state index in [0.29, 0.717) is 17.1 Å². The van der Waals surface area contributed by atoms with Crippen LogP contribution in [0.3, 0.4) is 0 Å². The SMILES string of the molecule is Nc1ccc(N=Nc2ccc3c(c2)C(=O)/C(=N/Nc2ccc(Nc4ccc(N/N=C5/C(=O)c6cc(N=Nc7ccc(N)cc7N)ccc6C=C5S(=O)(=O)[O-])cc4S(=O)(=O)[O-])cc2)C(S(=O)(=O)[O-])=C3)c(N)c1.[Na+].[Na+].[Na+]. The number of anilines is 8. The molecule has 0 bridgehead atoms. The minimum atomic E-state index is -5.32. The molecule has 0 saturated heterocycles. The van der Waals surface area contributed by atoms with Crippen LogP contribution >= 0.6 is 0 Å². The number of nitrogens with one attached hydrogen (secondary N) is 3. The van der Waals surface area contributed by atoms with E-state index in [9.17, 15) is 48.5 Å². The Morgan fingerprint density at radius 2 is 0.865 bits per heavy atom. The minimum Gasteiger partial charge on any atom is -0.744 e. The van der Waals surface area contributed by atoms with Crippen molar-refractivity contribution in [2.24, 2.45) is 30.7 Å². The molecule has 0 heterocycles. The van der Waals surface area contributed by atoms with Gasteiger partial charge in [0.25, 0.3) is 0 Å². The van der Waals surface area contributed by atoms with Crippen LogP contribution in [0.5, 0.6) is 0 Å². The smallest absolute Gasteiger partial charge is 0.744 e. The van der Waals surface area contributed by atoms with Gasteiger partial charge in [0.2, 0.25) is 11.6 Å². The number of rotatable bonds is 13. The second kappa shape index (κ2) is 23.7. The molecule has 6 aromatic carbocycles. The monoisotopic (exact) mass is 1080 g/mol. The van der Waals surface area contributed by atoms with Crippen LogP contribution in [0.1, 0.15) is 31.8 Å². The van der Waals surface area contributed by atoms with Crippen LogP contribution < -0.4 is 128 Å². The molecule has 0 amide bonds. The van der Waals surface area contributed by atoms with Crippen LogP contribution in [0.25, 0.3) is 12.2 Å². The van der Waals surface area contributed by atoms with Crippen molar-refractivity contribution in [3.8, 4) is 0 Å². The molecule has 0 fully saturated rings. The van der Waals surface area contributed by atoms with Crippen molar-refractivity contribution < 1.29 is 137 Å². The third-order valence-corrected chi connectivity index (χ3v) is 12.8. The van der Waals surface area contributed by atoms with Crippen LogP contribution in [0.4, 0.5) is 68.2 Å². The molecule has 6 aromatic rings. The maximum atomic E-state index is 13.7. The molecule has 11 N–H and O–H groups in total. The molecule has 2 aliphatic carbocycles. The van der Waals surface area contributed by atoms with Gasteiger partial charge in [-0.15, -0.1) is 10.2 Å². The molecular formula is C44H32N13Na3O11S3. The Bertz CT molecular complexity index is 3820. The molecule has 0 saturated carbocycles. The van der Waals surface area contributed by atoms with Crippen molar-refractivity contribution >= 4 is 134 Å². The molecule has 0 radical (unpaired) electrons. The summed E-state index contributed by atoms with van der Waals surface area (Å²) in [6.07, 6.45) is 1.92. The summed E-state index contributed by atoms with van der Waals surface area (Å²) in [6.45, 7) is 0. The van der Waals surface area contributed by atoms with Crippen molar-refractivity contribution in [1.82, 2.24) is 0 Å². The van der Waals surface area contributed by atoms with E-state index in [1.165, 1.54) is 91.0 Å². The summed E-state index contributed by atoms with van der Waals surface area (Å²) in [4.78, 5) is 24.6. The number of fused-ring (bicyclic) bond motifs is 2. The second-order valence-electron chi connectivity index (χ2n) is 15.2. The third-order valence-electron chi connectivity index (χ3n) is 10.2. The summed E-state index contributed by atoms with van der Waals surface area (Å²) in [7, 11) is -15.8. The first-order chi connectivity index (χ1) is 33.5. The van der Waals surface area contributed by atoms with Crippen LogP contribution in [-0.2, 0) is 30.4 Å². The van der Waals surface area contributed by atoms with E-state index in [2.05, 4.69) is 46.8 Å². The minimum absolute atomic E-state index is 0. The van der Waals surface area contributed by atoms with Crippen molar-refractivity contribution in [2.45, 2.75) is 4.90 Å². The van der Waals surface area contributed by atoms with Gasteiger partial charge in [0.1, 0.15) is 53.2 Å². The average Bonchev–Trinajstić information content (AvgIpc) is 3.30. The summed E-state index contributed by atoms with van der Waals surface area (Å²) < 4.78 is 111. The Hall–Kier alpha value is -5.99. The van der Waals surface area contributed by atoms with Gasteiger partial charge in [-0.1, -0.05) is 12.1 Å². The number of nitrogen functional groups attached to an aromatic ring is 4. The molecule has 360 valence electrons. The summed E-state index contributed by atoms with van der Waals surface area (Å²) >= 11 is 0. The number of carbonyl (C=O) groups excluding carboxylic acids is 2. The standard InChI is InChI=1S/C44H35N13O11S3.3Na/c45-24-3-12-35(33(47)17-24)54-51-28-5-1-22-15-39(70(63,64)65)41(43(58)31(22)19-28)56-50-27-9-7-26(8-10-27)49-37-14-11-30(21-38(37)69(60,61)62)53-57-42-40(71(66,67)68)16-23-2-6-29(20-32(23)44(42)59)52-55-36-13-4-25(46)18-34(36)48;;;/h1-21,49-50,53H,45-48H2,(H,60,61,62)(H,63,64,65)(H,66,67,68);;;/q;3*+1/p-3/b54-51?,55-52?,56-41+,57-42+;;;. The number of ketones is 2. The molecule has 8 rings (SSSR count). The molecule has 2 aliphatic rings. The molecule has 30 heteroatoms. The van der Waals surface area contributed by atoms with Gasteiger partial charge in [-0.25, -0.2) is 25.3 Å². The van der Waals surface area contributed by atoms with Gasteiger partial charge in [-0.05, 0) is 126 Å². The van der Waals surface area contributed by atoms with Gasteiger partial charge in [0, 0.05) is 28.2 Å². The summed E-state index contributed by atoms with van der Waals surface area (Å²) in [5, 5.41) is 26.9. The Morgan fingerprint density at radius 1 is 0.446 bits per heavy atom. The fourth-order valence-electron chi connectivity index (χ4n) is 6.83. The zero-order chi connectivity index (χ0) is 51.0. The first-order valence-electron chi connectivity index (χ1n) is 20.0. The third kappa shape index (κ3) is 13.6. The Morgan fingerprint density at radius 3 is 1.28 bits per heavy atom. The number of azo groups is 2. The molecule has 0 aromatic heterocycles. The number of hydrogen-bond donors (Lipinski definition) is 7. The number of Topliss-reactive ketones (excluding diaryl/α,β-unsaturated/α-hetero) is 2. The molecule has 0 unspecified atom stereocenters. The van der Waals surface area contributed by atoms with E-state index >= 15 is 0 Å². The summed E-state index contributed by atoms with van der Waals surface area (Å²) in [6, 6.07) is 26.0. The number of nitrogens with two attached hydrogens (primary N) is 4. The van der Waals surface area contributed by atoms with Crippen LogP contribution in [0, 0.1) is 0 Å². The molecule has 24 nitrogen and oxygen atoms in total. The zero-order valence-electron chi connectivity index (χ0n) is 38.8. The van der Waals surface area contributed by atoms with Crippen LogP contribution in [0.15, 0.2) is 161 Å². The number of hydrogen-bond acceptors (Lipinski definition) is 24. The largest absolute Gasteiger partial charge is 1.00 e. The van der Waals surface area contributed by atoms with Gasteiger partial charge in [0.15, 0.2) is 0 Å². The first-order valence-corrected chi connectivity index (χ1v) is 24.3. The van der Waals surface area contributed by atoms with E-state index in [-0.39, 0.29) is 162 Å². The molecule has 0 aliphatic heterocycles. The Labute approximate surface area is 487 Å². The Kier molecular flexibility index (Phi) is 18.9. The number of nitrogens with zero attached hydrogens (tertiary/aromatic N) is 6. The maximum absolute atomic E-state index is 13.7. The predicted molar refractivity (Wildman–Crippen MR) is 262 cm³/mol. The normalized spacial score (nSPS) is 14.5. The van der Waals surface area contributed by atoms with E-state index < -0.39 is 68.0 Å². The van der Waals surface area contributed by atoms with Crippen LogP contribution in [0.2, 0.25) is 0 Å². The molecular weight excluding hydrogens is 1050 g/mol. The van der Waals surface area contributed by atoms with E-state index in [0.717, 1.165) is 24.3 Å². The van der Waals surface area contributed by atoms with Gasteiger partial charge in [0.05, 0.1) is 54.5 Å². The summed E-state index contributed by atoms with van der Waals surface area (Å²) in [5.74, 6) is -1.95. The topological polar surface area (TPSA) is 420 Å². The number of benzene rings is 6. The van der Waals surface area contributed by atoms with E-state index in [4.69, 9.17) is 22.9 Å². The van der Waals surface area contributed by atoms with Gasteiger partial charge in [-0.3, -0.25) is 20.4 Å². The molecule has 0 atom stereocenters. The van der Waals surface area contributed by atoms with Gasteiger partial charge < -0.3 is 41.9 Å². The number of hydrazone groups is 2. The fraction of sp³-hybridized carbons (Fsp3) is 0. The fourth-order valence-corrected chi connectivity index (χ4v) is 8.78. The van der Waals surface area contributed by atoms with Crippen molar-refractivity contribution in [2.75, 3.05) is 39.1 Å². The summed E-state index contributed by atoms with van der Waals surface area (Å²) in [5.41, 5.74) is 28.6. The van der Waals surface area contributed by atoms with Crippen LogP contribution in [-0.4, -0.2) is 61.9 Å². The van der Waals surface area contributed by atoms with E-state index in [1.54, 1.807) is 12.1 Å². The van der Waals surface area contributed by atoms with Crippen molar-refractivity contribution in [3.05, 3.63) is 147 Å². The average molecular weight is 1080 g/mol. The van der Waals surface area contributed by atoms with Gasteiger partial charge >= 0.3 is 88.7 Å². The first kappa shape index (κ1) is 58.9. The number of allylic oxidation sites excluding steroid dienone is 2. The van der Waals surface area contributed by atoms with Crippen molar-refractivity contribution in [3.63, 3.8) is 0 Å². The quantitative estimate of drug-likeness (QED) is 0.0208. The zero-order valence-corrected chi connectivity index (χ0v) is 47.3. The van der Waals surface area contributed by atoms with Crippen molar-refractivity contribution in [1.29, 1.82) is 0 Å². The van der Waals surface area contributed by atoms with Gasteiger partial charge in [-0.2, -0.15) is 20.4 Å². The Balaban J connectivity index is 0.00000338. The molecule has 74 heavy (non-hydrogen) atoms.